The molecule has 5 nitrogen and oxygen atoms in total. The standard InChI is InChI=1S/C57H37N5/c1-5-18-38(19-6-1)48-37-49(46-29-17-31-51-54(46)47-28-15-16-30-50(47)61(51)44-25-11-4-12-26-44)59-57(58-48)42-34-32-40(33-35-42)53-55(41-22-9-3-10-23-41)60-62-52(39-20-7-2-8-21-39)36-43-24-13-14-27-45(43)56(53)62/h1-37H. The van der Waals surface area contributed by atoms with Gasteiger partial charge in [0.25, 0.3) is 0 Å². The van der Waals surface area contributed by atoms with Crippen LogP contribution in [0.5, 0.6) is 0 Å². The zero-order valence-corrected chi connectivity index (χ0v) is 33.6. The van der Waals surface area contributed by atoms with Crippen LogP contribution in [0.1, 0.15) is 0 Å². The van der Waals surface area contributed by atoms with Gasteiger partial charge in [0.2, 0.25) is 0 Å². The number of fused-ring (bicyclic) bond motifs is 6. The summed E-state index contributed by atoms with van der Waals surface area (Å²) in [4.78, 5) is 10.7. The third-order valence-electron chi connectivity index (χ3n) is 12.0. The van der Waals surface area contributed by atoms with Crippen molar-refractivity contribution in [3.05, 3.63) is 224 Å². The molecule has 0 atom stereocenters. The molecule has 0 aliphatic rings. The molecule has 0 spiro atoms. The van der Waals surface area contributed by atoms with Crippen molar-refractivity contribution in [3.8, 4) is 73.2 Å². The van der Waals surface area contributed by atoms with Gasteiger partial charge in [-0.05, 0) is 47.3 Å². The van der Waals surface area contributed by atoms with Gasteiger partial charge in [0.15, 0.2) is 5.82 Å². The van der Waals surface area contributed by atoms with Crippen LogP contribution < -0.4 is 0 Å². The molecule has 0 radical (unpaired) electrons. The molecule has 0 aliphatic carbocycles. The largest absolute Gasteiger partial charge is 0.309 e. The highest BCUT2D eigenvalue weighted by Gasteiger charge is 2.23. The van der Waals surface area contributed by atoms with Gasteiger partial charge in [0.1, 0.15) is 5.69 Å². The molecule has 0 aliphatic heterocycles. The monoisotopic (exact) mass is 791 g/mol. The molecular weight excluding hydrogens is 755 g/mol. The second kappa shape index (κ2) is 14.7. The molecule has 0 unspecified atom stereocenters. The minimum Gasteiger partial charge on any atom is -0.309 e. The van der Waals surface area contributed by atoms with Crippen molar-refractivity contribution in [1.29, 1.82) is 0 Å². The lowest BCUT2D eigenvalue weighted by Crippen LogP contribution is -1.97. The molecule has 290 valence electrons. The third-order valence-corrected chi connectivity index (χ3v) is 12.0. The predicted octanol–water partition coefficient (Wildman–Crippen LogP) is 14.4. The maximum absolute atomic E-state index is 5.41. The normalized spacial score (nSPS) is 11.5. The number of rotatable bonds is 7. The average molecular weight is 792 g/mol. The highest BCUT2D eigenvalue weighted by Crippen LogP contribution is 2.43. The zero-order valence-electron chi connectivity index (χ0n) is 33.6. The number of hydrogen-bond acceptors (Lipinski definition) is 3. The lowest BCUT2D eigenvalue weighted by molar-refractivity contribution is 0.979. The second-order valence-electron chi connectivity index (χ2n) is 15.6. The molecule has 0 saturated carbocycles. The Morgan fingerprint density at radius 2 is 0.968 bits per heavy atom. The van der Waals surface area contributed by atoms with Gasteiger partial charge < -0.3 is 4.57 Å². The topological polar surface area (TPSA) is 48.0 Å². The maximum atomic E-state index is 5.41. The summed E-state index contributed by atoms with van der Waals surface area (Å²) in [6, 6.07) is 78.9. The highest BCUT2D eigenvalue weighted by atomic mass is 15.2. The van der Waals surface area contributed by atoms with E-state index in [0.717, 1.165) is 100 Å². The first kappa shape index (κ1) is 35.5. The van der Waals surface area contributed by atoms with Gasteiger partial charge in [-0.1, -0.05) is 188 Å². The third kappa shape index (κ3) is 5.90. The smallest absolute Gasteiger partial charge is 0.160 e. The quantitative estimate of drug-likeness (QED) is 0.162. The van der Waals surface area contributed by atoms with Gasteiger partial charge >= 0.3 is 0 Å². The Morgan fingerprint density at radius 3 is 1.71 bits per heavy atom. The van der Waals surface area contributed by atoms with Crippen LogP contribution in [0.3, 0.4) is 0 Å². The van der Waals surface area contributed by atoms with E-state index in [-0.39, 0.29) is 0 Å². The Labute approximate surface area is 358 Å². The van der Waals surface area contributed by atoms with Crippen molar-refractivity contribution in [2.24, 2.45) is 0 Å². The van der Waals surface area contributed by atoms with Crippen molar-refractivity contribution in [2.75, 3.05) is 0 Å². The molecule has 0 fully saturated rings. The summed E-state index contributed by atoms with van der Waals surface area (Å²) in [5.41, 5.74) is 15.5. The average Bonchev–Trinajstić information content (AvgIpc) is 3.92. The van der Waals surface area contributed by atoms with E-state index in [9.17, 15) is 0 Å². The molecule has 8 aromatic carbocycles. The molecule has 4 heterocycles. The van der Waals surface area contributed by atoms with E-state index in [1.807, 2.05) is 6.07 Å². The SMILES string of the molecule is c1ccc(-c2cc(-c3cccc4c3c3ccccc3n4-c3ccccc3)nc(-c3ccc(-c4c(-c5ccccc5)nn5c(-c6ccccc6)cc6ccccc6c45)cc3)n2)cc1. The molecule has 12 aromatic rings. The molecule has 62 heavy (non-hydrogen) atoms. The van der Waals surface area contributed by atoms with Crippen LogP contribution in [0, 0.1) is 0 Å². The van der Waals surface area contributed by atoms with Crippen LogP contribution in [-0.4, -0.2) is 24.1 Å². The van der Waals surface area contributed by atoms with E-state index in [1.54, 1.807) is 0 Å². The highest BCUT2D eigenvalue weighted by molar-refractivity contribution is 6.15. The number of hydrogen-bond donors (Lipinski definition) is 0. The minimum absolute atomic E-state index is 0.664. The molecule has 0 bridgehead atoms. The molecular formula is C57H37N5. The molecule has 12 rings (SSSR count). The van der Waals surface area contributed by atoms with Crippen LogP contribution in [0.2, 0.25) is 0 Å². The van der Waals surface area contributed by atoms with Gasteiger partial charge in [-0.2, -0.15) is 5.10 Å². The number of aromatic nitrogens is 5. The Hall–Kier alpha value is -8.41. The first-order chi connectivity index (χ1) is 30.8. The summed E-state index contributed by atoms with van der Waals surface area (Å²) >= 11 is 0. The van der Waals surface area contributed by atoms with Gasteiger partial charge in [0, 0.05) is 55.2 Å². The van der Waals surface area contributed by atoms with Gasteiger partial charge in [0.05, 0.1) is 33.6 Å². The summed E-state index contributed by atoms with van der Waals surface area (Å²) in [6.07, 6.45) is 0. The summed E-state index contributed by atoms with van der Waals surface area (Å²) in [5.74, 6) is 0.664. The second-order valence-corrected chi connectivity index (χ2v) is 15.6. The molecule has 0 amide bonds. The van der Waals surface area contributed by atoms with Gasteiger partial charge in [-0.25, -0.2) is 14.5 Å². The van der Waals surface area contributed by atoms with E-state index >= 15 is 0 Å². The molecule has 4 aromatic heterocycles. The molecule has 0 N–H and O–H groups in total. The van der Waals surface area contributed by atoms with E-state index in [1.165, 1.54) is 5.39 Å². The van der Waals surface area contributed by atoms with Crippen LogP contribution in [-0.2, 0) is 0 Å². The predicted molar refractivity (Wildman–Crippen MR) is 255 cm³/mol. The lowest BCUT2D eigenvalue weighted by atomic mass is 9.96. The summed E-state index contributed by atoms with van der Waals surface area (Å²) in [7, 11) is 0. The minimum atomic E-state index is 0.664. The maximum Gasteiger partial charge on any atom is 0.160 e. The molecule has 5 heteroatoms. The van der Waals surface area contributed by atoms with E-state index in [4.69, 9.17) is 15.1 Å². The van der Waals surface area contributed by atoms with Gasteiger partial charge in [-0.15, -0.1) is 0 Å². The first-order valence-electron chi connectivity index (χ1n) is 21.0. The summed E-state index contributed by atoms with van der Waals surface area (Å²) < 4.78 is 4.49. The number of para-hydroxylation sites is 2. The Bertz CT molecular complexity index is 3590. The number of pyridine rings is 1. The van der Waals surface area contributed by atoms with Crippen molar-refractivity contribution >= 4 is 38.1 Å². The van der Waals surface area contributed by atoms with Crippen LogP contribution in [0.4, 0.5) is 0 Å². The fourth-order valence-electron chi connectivity index (χ4n) is 9.12. The zero-order chi connectivity index (χ0) is 41.0. The van der Waals surface area contributed by atoms with E-state index < -0.39 is 0 Å². The van der Waals surface area contributed by atoms with Gasteiger partial charge in [-0.3, -0.25) is 0 Å². The van der Waals surface area contributed by atoms with Crippen LogP contribution >= 0.6 is 0 Å². The van der Waals surface area contributed by atoms with Crippen molar-refractivity contribution in [1.82, 2.24) is 24.1 Å². The first-order valence-corrected chi connectivity index (χ1v) is 21.0. The van der Waals surface area contributed by atoms with Crippen LogP contribution in [0.25, 0.3) is 111 Å². The van der Waals surface area contributed by atoms with Crippen molar-refractivity contribution < 1.29 is 0 Å². The Balaban J connectivity index is 1.06. The fourth-order valence-corrected chi connectivity index (χ4v) is 9.12. The Kier molecular flexibility index (Phi) is 8.42. The van der Waals surface area contributed by atoms with Crippen molar-refractivity contribution in [2.45, 2.75) is 0 Å². The van der Waals surface area contributed by atoms with E-state index in [2.05, 4.69) is 227 Å². The number of nitrogens with zero attached hydrogens (tertiary/aromatic N) is 5. The Morgan fingerprint density at radius 1 is 0.387 bits per heavy atom. The van der Waals surface area contributed by atoms with E-state index in [0.29, 0.717) is 5.82 Å². The summed E-state index contributed by atoms with van der Waals surface area (Å²) in [5, 5.41) is 10.1. The lowest BCUT2D eigenvalue weighted by Gasteiger charge is -2.12. The number of benzene rings is 8. The molecule has 0 saturated heterocycles. The van der Waals surface area contributed by atoms with Crippen LogP contribution in [0.15, 0.2) is 224 Å². The van der Waals surface area contributed by atoms with Crippen molar-refractivity contribution in [3.63, 3.8) is 0 Å². The fraction of sp³-hybridized carbons (Fsp3) is 0. The summed E-state index contributed by atoms with van der Waals surface area (Å²) in [6.45, 7) is 0.